The summed E-state index contributed by atoms with van der Waals surface area (Å²) in [5.41, 5.74) is 1.57. The molecule has 1 heterocycles. The molecule has 0 saturated heterocycles. The third-order valence-corrected chi connectivity index (χ3v) is 3.93. The Balaban J connectivity index is 1.86. The van der Waals surface area contributed by atoms with Gasteiger partial charge in [-0.05, 0) is 18.6 Å². The van der Waals surface area contributed by atoms with Crippen molar-refractivity contribution >= 4 is 51.9 Å². The van der Waals surface area contributed by atoms with Crippen molar-refractivity contribution in [2.24, 2.45) is 11.8 Å². The molecule has 0 bridgehead atoms. The van der Waals surface area contributed by atoms with Gasteiger partial charge in [-0.3, -0.25) is 9.59 Å². The lowest BCUT2D eigenvalue weighted by molar-refractivity contribution is -0.139. The molecule has 1 saturated carbocycles. The number of amides is 1. The number of carbonyl (C=O) groups is 2. The van der Waals surface area contributed by atoms with Gasteiger partial charge in [0.05, 0.1) is 34.3 Å². The molecule has 8 heteroatoms. The molecular formula is C11H8ClN3O3S. The van der Waals surface area contributed by atoms with Crippen LogP contribution in [-0.4, -0.2) is 25.7 Å². The van der Waals surface area contributed by atoms with Crippen molar-refractivity contribution in [3.63, 3.8) is 0 Å². The topological polar surface area (TPSA) is 92.2 Å². The van der Waals surface area contributed by atoms with Crippen LogP contribution in [-0.2, 0) is 9.59 Å². The molecule has 0 spiro atoms. The molecule has 1 aliphatic rings. The Bertz CT molecular complexity index is 687. The van der Waals surface area contributed by atoms with Gasteiger partial charge < -0.3 is 10.4 Å². The van der Waals surface area contributed by atoms with Gasteiger partial charge in [-0.2, -0.15) is 8.75 Å². The van der Waals surface area contributed by atoms with E-state index in [0.717, 1.165) is 11.7 Å². The molecule has 2 aromatic rings. The smallest absolute Gasteiger partial charge is 0.307 e. The van der Waals surface area contributed by atoms with Gasteiger partial charge in [0.1, 0.15) is 11.0 Å². The lowest BCUT2D eigenvalue weighted by atomic mass is 10.2. The predicted molar refractivity (Wildman–Crippen MR) is 70.3 cm³/mol. The molecule has 0 aliphatic heterocycles. The number of aliphatic carboxylic acids is 1. The summed E-state index contributed by atoms with van der Waals surface area (Å²) >= 11 is 7.06. The Hall–Kier alpha value is -1.73. The van der Waals surface area contributed by atoms with Crippen LogP contribution >= 0.6 is 23.3 Å². The summed E-state index contributed by atoms with van der Waals surface area (Å²) in [4.78, 5) is 22.7. The summed E-state index contributed by atoms with van der Waals surface area (Å²) in [7, 11) is 0. The number of nitrogens with zero attached hydrogens (tertiary/aromatic N) is 2. The van der Waals surface area contributed by atoms with E-state index in [9.17, 15) is 9.59 Å². The van der Waals surface area contributed by atoms with Crippen molar-refractivity contribution in [3.05, 3.63) is 17.2 Å². The second kappa shape index (κ2) is 4.43. The van der Waals surface area contributed by atoms with Crippen molar-refractivity contribution in [1.82, 2.24) is 8.75 Å². The van der Waals surface area contributed by atoms with Crippen LogP contribution in [0.1, 0.15) is 6.42 Å². The molecule has 2 atom stereocenters. The highest BCUT2D eigenvalue weighted by Gasteiger charge is 2.48. The van der Waals surface area contributed by atoms with E-state index in [1.165, 1.54) is 0 Å². The maximum Gasteiger partial charge on any atom is 0.307 e. The standard InChI is InChI=1S/C11H8ClN3O3S/c12-6-1-2-7-9(15-19-14-7)8(6)13-10(16)4-3-5(4)11(17)18/h1-2,4-5H,3H2,(H,13,16)(H,17,18)/t4-,5+/m1/s1. The highest BCUT2D eigenvalue weighted by molar-refractivity contribution is 7.00. The second-order valence-corrected chi connectivity index (χ2v) is 5.27. The molecule has 1 aromatic heterocycles. The summed E-state index contributed by atoms with van der Waals surface area (Å²) < 4.78 is 8.14. The predicted octanol–water partition coefficient (Wildman–Crippen LogP) is 2.00. The van der Waals surface area contributed by atoms with Gasteiger partial charge in [0.25, 0.3) is 0 Å². The van der Waals surface area contributed by atoms with E-state index in [1.807, 2.05) is 0 Å². The van der Waals surface area contributed by atoms with E-state index in [1.54, 1.807) is 12.1 Å². The normalized spacial score (nSPS) is 21.3. The molecule has 1 amide bonds. The first kappa shape index (κ1) is 12.3. The average molecular weight is 298 g/mol. The molecule has 0 unspecified atom stereocenters. The summed E-state index contributed by atoms with van der Waals surface area (Å²) in [6.07, 6.45) is 0.365. The Kier molecular flexibility index (Phi) is 2.87. The number of carboxylic acids is 1. The van der Waals surface area contributed by atoms with E-state index >= 15 is 0 Å². The number of hydrogen-bond acceptors (Lipinski definition) is 5. The molecule has 3 rings (SSSR count). The second-order valence-electron chi connectivity index (χ2n) is 4.33. The van der Waals surface area contributed by atoms with Gasteiger partial charge in [0, 0.05) is 0 Å². The largest absolute Gasteiger partial charge is 0.481 e. The Labute approximate surface area is 116 Å². The number of aromatic nitrogens is 2. The van der Waals surface area contributed by atoms with E-state index in [0.29, 0.717) is 28.2 Å². The monoisotopic (exact) mass is 297 g/mol. The molecule has 6 nitrogen and oxygen atoms in total. The number of carboxylic acid groups (broad SMARTS) is 1. The van der Waals surface area contributed by atoms with Crippen LogP contribution in [0.15, 0.2) is 12.1 Å². The minimum atomic E-state index is -0.945. The van der Waals surface area contributed by atoms with Gasteiger partial charge in [0.2, 0.25) is 5.91 Å². The quantitative estimate of drug-likeness (QED) is 0.904. The SMILES string of the molecule is O=C(O)[C@H]1C[C@H]1C(=O)Nc1c(Cl)ccc2nsnc12. The Morgan fingerprint density at radius 1 is 1.37 bits per heavy atom. The zero-order valence-corrected chi connectivity index (χ0v) is 11.0. The van der Waals surface area contributed by atoms with Gasteiger partial charge >= 0.3 is 5.97 Å². The van der Waals surface area contributed by atoms with Gasteiger partial charge in [-0.15, -0.1) is 0 Å². The fraction of sp³-hybridized carbons (Fsp3) is 0.273. The molecule has 1 fully saturated rings. The number of anilines is 1. The lowest BCUT2D eigenvalue weighted by Crippen LogP contribution is -2.17. The number of fused-ring (bicyclic) bond motifs is 1. The van der Waals surface area contributed by atoms with Crippen molar-refractivity contribution in [2.45, 2.75) is 6.42 Å². The zero-order valence-electron chi connectivity index (χ0n) is 9.46. The molecule has 1 aliphatic carbocycles. The third-order valence-electron chi connectivity index (χ3n) is 3.07. The van der Waals surface area contributed by atoms with Gasteiger partial charge in [-0.1, -0.05) is 11.6 Å². The molecule has 98 valence electrons. The van der Waals surface area contributed by atoms with Crippen LogP contribution in [0.3, 0.4) is 0 Å². The van der Waals surface area contributed by atoms with Crippen LogP contribution in [0, 0.1) is 11.8 Å². The van der Waals surface area contributed by atoms with E-state index in [-0.39, 0.29) is 5.91 Å². The minimum absolute atomic E-state index is 0.338. The fourth-order valence-corrected chi connectivity index (χ4v) is 2.66. The highest BCUT2D eigenvalue weighted by Crippen LogP contribution is 2.40. The van der Waals surface area contributed by atoms with Crippen molar-refractivity contribution in [1.29, 1.82) is 0 Å². The molecule has 1 aromatic carbocycles. The van der Waals surface area contributed by atoms with Crippen LogP contribution < -0.4 is 5.32 Å². The van der Waals surface area contributed by atoms with E-state index in [2.05, 4.69) is 14.1 Å². The summed E-state index contributed by atoms with van der Waals surface area (Å²) in [5, 5.41) is 11.8. The maximum atomic E-state index is 11.9. The van der Waals surface area contributed by atoms with Crippen LogP contribution in [0.4, 0.5) is 5.69 Å². The average Bonchev–Trinajstić information content (AvgIpc) is 3.04. The van der Waals surface area contributed by atoms with E-state index in [4.69, 9.17) is 16.7 Å². The molecule has 0 radical (unpaired) electrons. The fourth-order valence-electron chi connectivity index (χ4n) is 1.92. The summed E-state index contributed by atoms with van der Waals surface area (Å²) in [6, 6.07) is 3.34. The van der Waals surface area contributed by atoms with Crippen LogP contribution in [0.25, 0.3) is 11.0 Å². The summed E-state index contributed by atoms with van der Waals surface area (Å²) in [6.45, 7) is 0. The number of carbonyl (C=O) groups excluding carboxylic acids is 1. The van der Waals surface area contributed by atoms with E-state index < -0.39 is 17.8 Å². The van der Waals surface area contributed by atoms with Crippen molar-refractivity contribution in [2.75, 3.05) is 5.32 Å². The van der Waals surface area contributed by atoms with Crippen molar-refractivity contribution in [3.8, 4) is 0 Å². The maximum absolute atomic E-state index is 11.9. The zero-order chi connectivity index (χ0) is 13.6. The van der Waals surface area contributed by atoms with Gasteiger partial charge in [-0.25, -0.2) is 0 Å². The number of nitrogens with one attached hydrogen (secondary N) is 1. The first-order valence-corrected chi connectivity index (χ1v) is 6.63. The first-order chi connectivity index (χ1) is 9.08. The summed E-state index contributed by atoms with van der Waals surface area (Å²) in [5.74, 6) is -2.36. The number of benzene rings is 1. The number of hydrogen-bond donors (Lipinski definition) is 2. The lowest BCUT2D eigenvalue weighted by Gasteiger charge is -2.06. The molecule has 19 heavy (non-hydrogen) atoms. The first-order valence-electron chi connectivity index (χ1n) is 5.52. The minimum Gasteiger partial charge on any atom is -0.481 e. The Morgan fingerprint density at radius 2 is 2.16 bits per heavy atom. The van der Waals surface area contributed by atoms with Gasteiger partial charge in [0.15, 0.2) is 0 Å². The molecular weight excluding hydrogens is 290 g/mol. The Morgan fingerprint density at radius 3 is 2.84 bits per heavy atom. The molecule has 2 N–H and O–H groups in total. The number of halogens is 1. The van der Waals surface area contributed by atoms with Crippen LogP contribution in [0.2, 0.25) is 5.02 Å². The number of rotatable bonds is 3. The van der Waals surface area contributed by atoms with Crippen molar-refractivity contribution < 1.29 is 14.7 Å². The third kappa shape index (κ3) is 2.15. The highest BCUT2D eigenvalue weighted by atomic mass is 35.5. The van der Waals surface area contributed by atoms with Crippen LogP contribution in [0.5, 0.6) is 0 Å².